The minimum Gasteiger partial charge on any atom is -0.237 e. The maximum absolute atomic E-state index is 4.37. The fraction of sp³-hybridized carbons (Fsp3) is 0.400. The lowest BCUT2D eigenvalue weighted by molar-refractivity contribution is 0.567. The monoisotopic (exact) mass is 382 g/mol. The van der Waals surface area contributed by atoms with E-state index in [2.05, 4.69) is 57.2 Å². The van der Waals surface area contributed by atoms with E-state index in [-0.39, 0.29) is 0 Å². The molecule has 1 aliphatic carbocycles. The lowest BCUT2D eigenvalue weighted by Crippen LogP contribution is -1.89. The summed E-state index contributed by atoms with van der Waals surface area (Å²) in [4.78, 5) is 0. The zero-order chi connectivity index (χ0) is 13.1. The minimum absolute atomic E-state index is 0.649. The van der Waals surface area contributed by atoms with Crippen molar-refractivity contribution in [3.05, 3.63) is 30.0 Å². The molecule has 0 bridgehead atoms. The molecule has 19 heavy (non-hydrogen) atoms. The number of hydrogen-bond donors (Lipinski definition) is 0. The standard InChI is InChI=1S/C15H16IN2P/c16-19-18-15-9-8-13(10-14(15)11-17-18)7-3-6-12-4-1-2-5-12/h8-12,19H,1-2,4-6H2. The van der Waals surface area contributed by atoms with E-state index in [1.54, 1.807) is 0 Å². The van der Waals surface area contributed by atoms with Crippen molar-refractivity contribution in [2.75, 3.05) is 0 Å². The van der Waals surface area contributed by atoms with Crippen LogP contribution in [0.5, 0.6) is 0 Å². The molecule has 1 atom stereocenters. The van der Waals surface area contributed by atoms with Gasteiger partial charge in [-0.15, -0.1) is 0 Å². The Bertz CT molecular complexity index is 632. The lowest BCUT2D eigenvalue weighted by atomic mass is 10.0. The van der Waals surface area contributed by atoms with Gasteiger partial charge < -0.3 is 0 Å². The third-order valence-electron chi connectivity index (χ3n) is 3.75. The summed E-state index contributed by atoms with van der Waals surface area (Å²) in [5, 5.41) is 5.56. The molecular formula is C15H16IN2P. The summed E-state index contributed by atoms with van der Waals surface area (Å²) >= 11 is 2.35. The molecule has 0 saturated heterocycles. The van der Waals surface area contributed by atoms with Gasteiger partial charge in [0, 0.05) is 17.4 Å². The SMILES string of the molecule is IPn1ncc2cc(C#CCC3CCCC3)ccc21. The highest BCUT2D eigenvalue weighted by Gasteiger charge is 2.12. The maximum Gasteiger partial charge on any atom is 0.0730 e. The van der Waals surface area contributed by atoms with E-state index in [9.17, 15) is 0 Å². The van der Waals surface area contributed by atoms with Crippen LogP contribution in [0, 0.1) is 17.8 Å². The fourth-order valence-electron chi connectivity index (χ4n) is 2.69. The predicted molar refractivity (Wildman–Crippen MR) is 90.9 cm³/mol. The Labute approximate surface area is 128 Å². The van der Waals surface area contributed by atoms with Gasteiger partial charge in [0.2, 0.25) is 0 Å². The van der Waals surface area contributed by atoms with Gasteiger partial charge in [-0.25, -0.2) is 4.45 Å². The highest BCUT2D eigenvalue weighted by atomic mass is 127. The average molecular weight is 382 g/mol. The van der Waals surface area contributed by atoms with E-state index in [0.717, 1.165) is 17.9 Å². The van der Waals surface area contributed by atoms with Crippen LogP contribution < -0.4 is 0 Å². The molecule has 1 heterocycles. The van der Waals surface area contributed by atoms with Crippen molar-refractivity contribution in [3.63, 3.8) is 0 Å². The van der Waals surface area contributed by atoms with Crippen LogP contribution in [0.3, 0.4) is 0 Å². The topological polar surface area (TPSA) is 17.8 Å². The van der Waals surface area contributed by atoms with Crippen LogP contribution in [0.1, 0.15) is 37.7 Å². The molecule has 0 amide bonds. The van der Waals surface area contributed by atoms with Crippen LogP contribution in [0.25, 0.3) is 10.9 Å². The molecular weight excluding hydrogens is 366 g/mol. The van der Waals surface area contributed by atoms with Crippen molar-refractivity contribution in [2.24, 2.45) is 5.92 Å². The molecule has 1 fully saturated rings. The Hall–Kier alpha value is -0.590. The van der Waals surface area contributed by atoms with Gasteiger partial charge in [0.05, 0.1) is 18.1 Å². The first-order chi connectivity index (χ1) is 9.36. The quantitative estimate of drug-likeness (QED) is 0.416. The molecule has 4 heteroatoms. The first-order valence-electron chi connectivity index (χ1n) is 6.70. The molecule has 0 radical (unpaired) electrons. The van der Waals surface area contributed by atoms with Gasteiger partial charge in [-0.3, -0.25) is 0 Å². The lowest BCUT2D eigenvalue weighted by Gasteiger charge is -2.00. The molecule has 98 valence electrons. The van der Waals surface area contributed by atoms with Crippen LogP contribution in [0.4, 0.5) is 0 Å². The van der Waals surface area contributed by atoms with Gasteiger partial charge in [0.1, 0.15) is 0 Å². The predicted octanol–water partition coefficient (Wildman–Crippen LogP) is 4.76. The molecule has 0 spiro atoms. The molecule has 0 aliphatic heterocycles. The van der Waals surface area contributed by atoms with E-state index in [1.807, 2.05) is 10.6 Å². The molecule has 2 aromatic rings. The second kappa shape index (κ2) is 6.24. The van der Waals surface area contributed by atoms with E-state index in [0.29, 0.717) is 6.37 Å². The number of halogens is 1. The summed E-state index contributed by atoms with van der Waals surface area (Å²) in [5.74, 6) is 7.50. The number of nitrogens with zero attached hydrogens (tertiary/aromatic N) is 2. The number of fused-ring (bicyclic) bond motifs is 1. The van der Waals surface area contributed by atoms with Gasteiger partial charge in [0.25, 0.3) is 0 Å². The van der Waals surface area contributed by atoms with E-state index in [1.165, 1.54) is 36.6 Å². The van der Waals surface area contributed by atoms with Gasteiger partial charge in [-0.05, 0) is 59.0 Å². The second-order valence-corrected chi connectivity index (χ2v) is 7.11. The largest absolute Gasteiger partial charge is 0.237 e. The third kappa shape index (κ3) is 3.12. The molecule has 1 unspecified atom stereocenters. The van der Waals surface area contributed by atoms with E-state index in [4.69, 9.17) is 0 Å². The Morgan fingerprint density at radius 1 is 1.37 bits per heavy atom. The van der Waals surface area contributed by atoms with Crippen LogP contribution >= 0.6 is 28.4 Å². The number of hydrogen-bond acceptors (Lipinski definition) is 1. The highest BCUT2D eigenvalue weighted by Crippen LogP contribution is 2.29. The zero-order valence-electron chi connectivity index (χ0n) is 10.7. The van der Waals surface area contributed by atoms with Crippen molar-refractivity contribution >= 4 is 39.3 Å². The van der Waals surface area contributed by atoms with Crippen molar-refractivity contribution in [2.45, 2.75) is 32.1 Å². The van der Waals surface area contributed by atoms with Gasteiger partial charge in [-0.1, -0.05) is 24.7 Å². The summed E-state index contributed by atoms with van der Waals surface area (Å²) in [7, 11) is 0. The summed E-state index contributed by atoms with van der Waals surface area (Å²) < 4.78 is 2.03. The van der Waals surface area contributed by atoms with Crippen LogP contribution in [0.2, 0.25) is 0 Å². The molecule has 2 nitrogen and oxygen atoms in total. The van der Waals surface area contributed by atoms with Crippen molar-refractivity contribution < 1.29 is 0 Å². The van der Waals surface area contributed by atoms with Crippen molar-refractivity contribution in [3.8, 4) is 11.8 Å². The molecule has 1 saturated carbocycles. The van der Waals surface area contributed by atoms with E-state index >= 15 is 0 Å². The number of rotatable bonds is 2. The maximum atomic E-state index is 4.37. The van der Waals surface area contributed by atoms with E-state index < -0.39 is 0 Å². The molecule has 1 aromatic heterocycles. The Morgan fingerprint density at radius 2 is 2.21 bits per heavy atom. The fourth-order valence-corrected chi connectivity index (χ4v) is 4.24. The van der Waals surface area contributed by atoms with Crippen LogP contribution in [-0.2, 0) is 0 Å². The zero-order valence-corrected chi connectivity index (χ0v) is 13.9. The Kier molecular flexibility index (Phi) is 4.40. The first-order valence-corrected chi connectivity index (χ1v) is 10.8. The van der Waals surface area contributed by atoms with Crippen LogP contribution in [-0.4, -0.2) is 9.55 Å². The second-order valence-electron chi connectivity index (χ2n) is 5.07. The summed E-state index contributed by atoms with van der Waals surface area (Å²) in [6, 6.07) is 6.39. The smallest absolute Gasteiger partial charge is 0.0730 e. The molecule has 0 N–H and O–H groups in total. The Balaban J connectivity index is 1.76. The normalized spacial score (nSPS) is 16.3. The molecule has 3 rings (SSSR count). The highest BCUT2D eigenvalue weighted by molar-refractivity contribution is 14.2. The van der Waals surface area contributed by atoms with Gasteiger partial charge >= 0.3 is 0 Å². The van der Waals surface area contributed by atoms with Crippen molar-refractivity contribution in [1.29, 1.82) is 0 Å². The summed E-state index contributed by atoms with van der Waals surface area (Å²) in [5.41, 5.74) is 2.32. The number of aromatic nitrogens is 2. The molecule has 1 aliphatic rings. The number of benzene rings is 1. The van der Waals surface area contributed by atoms with Crippen molar-refractivity contribution in [1.82, 2.24) is 9.55 Å². The van der Waals surface area contributed by atoms with Gasteiger partial charge in [-0.2, -0.15) is 5.10 Å². The Morgan fingerprint density at radius 3 is 3.00 bits per heavy atom. The minimum atomic E-state index is 0.649. The molecule has 1 aromatic carbocycles. The first kappa shape index (κ1) is 13.4. The summed E-state index contributed by atoms with van der Waals surface area (Å²) in [6.45, 7) is 0. The van der Waals surface area contributed by atoms with Crippen LogP contribution in [0.15, 0.2) is 24.4 Å². The van der Waals surface area contributed by atoms with Gasteiger partial charge in [0.15, 0.2) is 0 Å². The average Bonchev–Trinajstić information content (AvgIpc) is 3.07. The summed E-state index contributed by atoms with van der Waals surface area (Å²) in [6.07, 6.45) is 9.18. The third-order valence-corrected chi connectivity index (χ3v) is 5.63.